The summed E-state index contributed by atoms with van der Waals surface area (Å²) in [6.07, 6.45) is 0.888. The number of rotatable bonds is 4. The molecule has 0 fully saturated rings. The summed E-state index contributed by atoms with van der Waals surface area (Å²) in [6, 6.07) is 13.4. The fourth-order valence-electron chi connectivity index (χ4n) is 2.47. The predicted molar refractivity (Wildman–Crippen MR) is 91.4 cm³/mol. The number of pyridine rings is 1. The summed E-state index contributed by atoms with van der Waals surface area (Å²) in [6.45, 7) is 5.94. The zero-order valence-corrected chi connectivity index (χ0v) is 13.6. The number of amides is 1. The number of benzene rings is 1. The molecule has 0 spiro atoms. The van der Waals surface area contributed by atoms with Crippen LogP contribution in [0.3, 0.4) is 0 Å². The van der Waals surface area contributed by atoms with Crippen molar-refractivity contribution >= 4 is 16.8 Å². The number of nitrogens with zero attached hydrogens (tertiary/aromatic N) is 1. The van der Waals surface area contributed by atoms with Gasteiger partial charge in [0.2, 0.25) is 0 Å². The molecule has 0 aliphatic rings. The minimum atomic E-state index is -0.0810. The molecule has 3 aromatic rings. The molecule has 1 amide bonds. The van der Waals surface area contributed by atoms with Crippen LogP contribution in [0.15, 0.2) is 46.9 Å². The predicted octanol–water partition coefficient (Wildman–Crippen LogP) is 4.33. The maximum absolute atomic E-state index is 12.6. The Labute approximate surface area is 135 Å². The van der Waals surface area contributed by atoms with Gasteiger partial charge in [-0.1, -0.05) is 25.1 Å². The number of carbonyl (C=O) groups excluding carboxylic acids is 1. The van der Waals surface area contributed by atoms with Crippen LogP contribution in [0.4, 0.5) is 0 Å². The number of furan rings is 1. The van der Waals surface area contributed by atoms with Gasteiger partial charge in [0.25, 0.3) is 5.91 Å². The minimum absolute atomic E-state index is 0.0810. The highest BCUT2D eigenvalue weighted by atomic mass is 16.3. The zero-order valence-electron chi connectivity index (χ0n) is 13.6. The Morgan fingerprint density at radius 3 is 2.74 bits per heavy atom. The van der Waals surface area contributed by atoms with E-state index in [1.807, 2.05) is 57.2 Å². The molecule has 1 atom stereocenters. The van der Waals surface area contributed by atoms with Crippen LogP contribution in [-0.2, 0) is 0 Å². The van der Waals surface area contributed by atoms with Gasteiger partial charge in [0.1, 0.15) is 11.5 Å². The maximum atomic E-state index is 12.6. The van der Waals surface area contributed by atoms with Gasteiger partial charge in [-0.3, -0.25) is 4.79 Å². The van der Waals surface area contributed by atoms with Gasteiger partial charge in [0, 0.05) is 11.4 Å². The summed E-state index contributed by atoms with van der Waals surface area (Å²) in [4.78, 5) is 17.3. The third kappa shape index (κ3) is 3.11. The summed E-state index contributed by atoms with van der Waals surface area (Å²) in [7, 11) is 0. The molecule has 0 aliphatic carbocycles. The van der Waals surface area contributed by atoms with Crippen LogP contribution >= 0.6 is 0 Å². The Morgan fingerprint density at radius 1 is 1.26 bits per heavy atom. The Bertz CT molecular complexity index is 851. The fraction of sp³-hybridized carbons (Fsp3) is 0.263. The molecular weight excluding hydrogens is 288 g/mol. The van der Waals surface area contributed by atoms with Crippen molar-refractivity contribution in [3.63, 3.8) is 0 Å². The summed E-state index contributed by atoms with van der Waals surface area (Å²) >= 11 is 0. The van der Waals surface area contributed by atoms with E-state index in [-0.39, 0.29) is 11.9 Å². The first kappa shape index (κ1) is 15.3. The van der Waals surface area contributed by atoms with Crippen molar-refractivity contribution in [2.75, 3.05) is 0 Å². The number of fused-ring (bicyclic) bond motifs is 1. The van der Waals surface area contributed by atoms with Crippen LogP contribution in [0.5, 0.6) is 0 Å². The van der Waals surface area contributed by atoms with Gasteiger partial charge in [-0.25, -0.2) is 4.98 Å². The molecule has 0 radical (unpaired) electrons. The Hall–Kier alpha value is -2.62. The van der Waals surface area contributed by atoms with Crippen molar-refractivity contribution < 1.29 is 9.21 Å². The van der Waals surface area contributed by atoms with Crippen LogP contribution < -0.4 is 5.32 Å². The number of carbonyl (C=O) groups is 1. The van der Waals surface area contributed by atoms with Gasteiger partial charge in [-0.2, -0.15) is 0 Å². The molecule has 3 rings (SSSR count). The molecule has 4 nitrogen and oxygen atoms in total. The molecule has 0 bridgehead atoms. The second-order valence-corrected chi connectivity index (χ2v) is 5.77. The third-order valence-electron chi connectivity index (χ3n) is 3.94. The molecule has 2 heterocycles. The SMILES string of the molecule is CC[C@H](C)NC(=O)c1cc(-c2ccc(C)o2)nc2ccccc12. The first-order chi connectivity index (χ1) is 11.1. The monoisotopic (exact) mass is 308 g/mol. The Morgan fingerprint density at radius 2 is 2.04 bits per heavy atom. The summed E-state index contributed by atoms with van der Waals surface area (Å²) in [5, 5.41) is 3.87. The topological polar surface area (TPSA) is 55.1 Å². The Kier molecular flexibility index (Phi) is 4.15. The second kappa shape index (κ2) is 6.24. The van der Waals surface area contributed by atoms with Crippen LogP contribution in [0.2, 0.25) is 0 Å². The van der Waals surface area contributed by atoms with Crippen molar-refractivity contribution in [1.29, 1.82) is 0 Å². The van der Waals surface area contributed by atoms with E-state index >= 15 is 0 Å². The lowest BCUT2D eigenvalue weighted by Gasteiger charge is -2.13. The van der Waals surface area contributed by atoms with Crippen LogP contribution in [0.1, 0.15) is 36.4 Å². The van der Waals surface area contributed by atoms with E-state index in [1.165, 1.54) is 0 Å². The molecule has 2 aromatic heterocycles. The standard InChI is InChI=1S/C19H20N2O2/c1-4-12(2)20-19(22)15-11-17(18-10-9-13(3)23-18)21-16-8-6-5-7-14(15)16/h5-12H,4H2,1-3H3,(H,20,22)/t12-/m0/s1. The molecule has 23 heavy (non-hydrogen) atoms. The molecule has 1 aromatic carbocycles. The van der Waals surface area contributed by atoms with Crippen molar-refractivity contribution in [1.82, 2.24) is 10.3 Å². The van der Waals surface area contributed by atoms with E-state index < -0.39 is 0 Å². The van der Waals surface area contributed by atoms with Crippen LogP contribution in [0.25, 0.3) is 22.4 Å². The molecule has 0 aliphatic heterocycles. The summed E-state index contributed by atoms with van der Waals surface area (Å²) in [5.74, 6) is 1.41. The van der Waals surface area contributed by atoms with Gasteiger partial charge in [0.05, 0.1) is 11.1 Å². The third-order valence-corrected chi connectivity index (χ3v) is 3.94. The van der Waals surface area contributed by atoms with Gasteiger partial charge in [0.15, 0.2) is 5.76 Å². The van der Waals surface area contributed by atoms with Crippen LogP contribution in [0, 0.1) is 6.92 Å². The lowest BCUT2D eigenvalue weighted by Crippen LogP contribution is -2.32. The van der Waals surface area contributed by atoms with Gasteiger partial charge >= 0.3 is 0 Å². The van der Waals surface area contributed by atoms with Crippen molar-refractivity contribution in [3.05, 3.63) is 53.8 Å². The highest BCUT2D eigenvalue weighted by Gasteiger charge is 2.16. The molecule has 1 N–H and O–H groups in total. The number of nitrogens with one attached hydrogen (secondary N) is 1. The van der Waals surface area contributed by atoms with E-state index in [9.17, 15) is 4.79 Å². The normalized spacial score (nSPS) is 12.3. The van der Waals surface area contributed by atoms with Crippen molar-refractivity contribution in [2.45, 2.75) is 33.2 Å². The largest absolute Gasteiger partial charge is 0.460 e. The van der Waals surface area contributed by atoms with Gasteiger partial charge in [-0.15, -0.1) is 0 Å². The smallest absolute Gasteiger partial charge is 0.252 e. The number of hydrogen-bond acceptors (Lipinski definition) is 3. The van der Waals surface area contributed by atoms with E-state index in [0.29, 0.717) is 17.0 Å². The highest BCUT2D eigenvalue weighted by Crippen LogP contribution is 2.26. The average Bonchev–Trinajstić information content (AvgIpc) is 3.00. The maximum Gasteiger partial charge on any atom is 0.252 e. The lowest BCUT2D eigenvalue weighted by molar-refractivity contribution is 0.0941. The Balaban J connectivity index is 2.13. The van der Waals surface area contributed by atoms with E-state index in [2.05, 4.69) is 10.3 Å². The number of para-hydroxylation sites is 1. The molecule has 118 valence electrons. The number of hydrogen-bond donors (Lipinski definition) is 1. The first-order valence-corrected chi connectivity index (χ1v) is 7.86. The average molecular weight is 308 g/mol. The highest BCUT2D eigenvalue weighted by molar-refractivity contribution is 6.07. The van der Waals surface area contributed by atoms with E-state index in [1.54, 1.807) is 6.07 Å². The number of aromatic nitrogens is 1. The quantitative estimate of drug-likeness (QED) is 0.780. The van der Waals surface area contributed by atoms with Crippen molar-refractivity contribution in [2.24, 2.45) is 0 Å². The molecular formula is C19H20N2O2. The first-order valence-electron chi connectivity index (χ1n) is 7.86. The second-order valence-electron chi connectivity index (χ2n) is 5.77. The van der Waals surface area contributed by atoms with Gasteiger partial charge in [-0.05, 0) is 44.5 Å². The molecule has 4 heteroatoms. The number of aryl methyl sites for hydroxylation is 1. The van der Waals surface area contributed by atoms with Crippen LogP contribution in [-0.4, -0.2) is 16.9 Å². The summed E-state index contributed by atoms with van der Waals surface area (Å²) in [5.41, 5.74) is 2.08. The molecule has 0 saturated carbocycles. The van der Waals surface area contributed by atoms with Crippen molar-refractivity contribution in [3.8, 4) is 11.5 Å². The molecule has 0 unspecified atom stereocenters. The lowest BCUT2D eigenvalue weighted by atomic mass is 10.1. The summed E-state index contributed by atoms with van der Waals surface area (Å²) < 4.78 is 5.66. The fourth-order valence-corrected chi connectivity index (χ4v) is 2.47. The minimum Gasteiger partial charge on any atom is -0.460 e. The van der Waals surface area contributed by atoms with Gasteiger partial charge < -0.3 is 9.73 Å². The molecule has 0 saturated heterocycles. The van der Waals surface area contributed by atoms with E-state index in [4.69, 9.17) is 4.42 Å². The zero-order chi connectivity index (χ0) is 16.4. The van der Waals surface area contributed by atoms with E-state index in [0.717, 1.165) is 23.1 Å².